The Morgan fingerprint density at radius 1 is 1.06 bits per heavy atom. The fraction of sp³-hybridized carbons (Fsp3) is 0.370. The summed E-state index contributed by atoms with van der Waals surface area (Å²) in [5.41, 5.74) is 0.0383. The Labute approximate surface area is 217 Å². The quantitative estimate of drug-likeness (QED) is 0.367. The van der Waals surface area contributed by atoms with Gasteiger partial charge in [0, 0.05) is 21.7 Å². The second kappa shape index (κ2) is 9.19. The van der Waals surface area contributed by atoms with Crippen molar-refractivity contribution in [1.82, 2.24) is 4.90 Å². The summed E-state index contributed by atoms with van der Waals surface area (Å²) < 4.78 is 0. The Morgan fingerprint density at radius 3 is 2.29 bits per heavy atom. The first kappa shape index (κ1) is 24.2. The van der Waals surface area contributed by atoms with Gasteiger partial charge in [0.2, 0.25) is 5.91 Å². The minimum Gasteiger partial charge on any atom is -0.479 e. The van der Waals surface area contributed by atoms with Gasteiger partial charge < -0.3 is 10.0 Å². The van der Waals surface area contributed by atoms with Crippen molar-refractivity contribution in [2.45, 2.75) is 50.6 Å². The van der Waals surface area contributed by atoms with Crippen molar-refractivity contribution in [3.8, 4) is 0 Å². The van der Waals surface area contributed by atoms with Crippen LogP contribution in [0.25, 0.3) is 0 Å². The molecule has 4 atom stereocenters. The maximum atomic E-state index is 14.2. The first-order chi connectivity index (χ1) is 16.7. The number of Topliss-reactive ketones (excluding diaryl/α,β-unsaturated/α-hetero) is 1. The van der Waals surface area contributed by atoms with Crippen LogP contribution in [0.4, 0.5) is 0 Å². The van der Waals surface area contributed by atoms with Crippen molar-refractivity contribution in [3.63, 3.8) is 0 Å². The molecule has 1 amide bonds. The lowest BCUT2D eigenvalue weighted by atomic mass is 9.73. The summed E-state index contributed by atoms with van der Waals surface area (Å²) in [6, 6.07) is 11.9. The number of carboxylic acid groups (broad SMARTS) is 1. The monoisotopic (exact) mass is 527 g/mol. The van der Waals surface area contributed by atoms with Gasteiger partial charge in [-0.2, -0.15) is 0 Å². The van der Waals surface area contributed by atoms with Crippen LogP contribution in [0.3, 0.4) is 0 Å². The molecule has 0 spiro atoms. The van der Waals surface area contributed by atoms with Crippen LogP contribution in [-0.2, 0) is 9.59 Å². The van der Waals surface area contributed by atoms with E-state index in [1.165, 1.54) is 22.7 Å². The van der Waals surface area contributed by atoms with Gasteiger partial charge in [-0.3, -0.25) is 9.59 Å². The molecule has 5 rings (SSSR count). The van der Waals surface area contributed by atoms with Crippen LogP contribution in [0.1, 0.15) is 63.8 Å². The zero-order chi connectivity index (χ0) is 24.9. The topological polar surface area (TPSA) is 74.7 Å². The van der Waals surface area contributed by atoms with Crippen molar-refractivity contribution in [2.75, 3.05) is 0 Å². The molecule has 1 saturated heterocycles. The fourth-order valence-electron chi connectivity index (χ4n) is 5.63. The molecule has 182 valence electrons. The summed E-state index contributed by atoms with van der Waals surface area (Å²) in [6.07, 6.45) is 2.45. The highest BCUT2D eigenvalue weighted by molar-refractivity contribution is 7.12. The van der Waals surface area contributed by atoms with Gasteiger partial charge in [-0.1, -0.05) is 36.2 Å². The van der Waals surface area contributed by atoms with E-state index in [0.717, 1.165) is 29.7 Å². The number of carbonyl (C=O) groups is 3. The molecule has 2 aromatic heterocycles. The molecule has 8 heteroatoms. The second-order valence-corrected chi connectivity index (χ2v) is 11.9. The number of ketones is 1. The third-order valence-corrected chi connectivity index (χ3v) is 9.90. The van der Waals surface area contributed by atoms with Gasteiger partial charge in [-0.15, -0.1) is 22.7 Å². The molecule has 2 fully saturated rings. The molecule has 1 aromatic carbocycles. The summed E-state index contributed by atoms with van der Waals surface area (Å²) in [5.74, 6) is -3.11. The minimum atomic E-state index is -1.61. The zero-order valence-electron chi connectivity index (χ0n) is 19.4. The van der Waals surface area contributed by atoms with Gasteiger partial charge in [0.05, 0.1) is 16.8 Å². The number of amides is 1. The Morgan fingerprint density at radius 2 is 1.77 bits per heavy atom. The standard InChI is InChI=1S/C27H26ClNO4S2/c1-15-12-14-35-24(15)22-20(23(30)19-7-4-13-34-19)21(16-8-10-18(28)11-9-16)27(2,26(32)33)29(22)25(31)17-5-3-6-17/h4,7-14,17,20-22H,3,5-6H2,1-2H3,(H,32,33). The maximum Gasteiger partial charge on any atom is 0.330 e. The van der Waals surface area contributed by atoms with Crippen molar-refractivity contribution < 1.29 is 19.5 Å². The van der Waals surface area contributed by atoms with Gasteiger partial charge in [0.15, 0.2) is 5.78 Å². The van der Waals surface area contributed by atoms with Crippen molar-refractivity contribution >= 4 is 51.9 Å². The molecule has 5 nitrogen and oxygen atoms in total. The van der Waals surface area contributed by atoms with Crippen LogP contribution in [0, 0.1) is 18.8 Å². The molecule has 1 aliphatic heterocycles. The van der Waals surface area contributed by atoms with Gasteiger partial charge >= 0.3 is 5.97 Å². The van der Waals surface area contributed by atoms with Crippen LogP contribution in [-0.4, -0.2) is 33.2 Å². The largest absolute Gasteiger partial charge is 0.479 e. The number of aliphatic carboxylic acids is 1. The number of hydrogen-bond donors (Lipinski definition) is 1. The normalized spacial score (nSPS) is 26.5. The zero-order valence-corrected chi connectivity index (χ0v) is 21.8. The SMILES string of the molecule is Cc1ccsc1C1C(C(=O)c2cccs2)C(c2ccc(Cl)cc2)C(C)(C(=O)O)N1C(=O)C1CCC1. The highest BCUT2D eigenvalue weighted by Gasteiger charge is 2.66. The van der Waals surface area contributed by atoms with Crippen molar-refractivity contribution in [2.24, 2.45) is 11.8 Å². The number of carboxylic acids is 1. The highest BCUT2D eigenvalue weighted by Crippen LogP contribution is 2.58. The molecule has 35 heavy (non-hydrogen) atoms. The number of aryl methyl sites for hydroxylation is 1. The van der Waals surface area contributed by atoms with Gasteiger partial charge in [0.1, 0.15) is 5.54 Å². The van der Waals surface area contributed by atoms with E-state index in [2.05, 4.69) is 0 Å². The lowest BCUT2D eigenvalue weighted by molar-refractivity contribution is -0.161. The van der Waals surface area contributed by atoms with E-state index in [1.54, 1.807) is 42.2 Å². The van der Waals surface area contributed by atoms with Crippen LogP contribution in [0.15, 0.2) is 53.2 Å². The number of halogens is 1. The average Bonchev–Trinajstić information content (AvgIpc) is 3.51. The highest BCUT2D eigenvalue weighted by atomic mass is 35.5. The predicted molar refractivity (Wildman–Crippen MR) is 138 cm³/mol. The number of nitrogens with zero attached hydrogens (tertiary/aromatic N) is 1. The molecule has 3 heterocycles. The molecule has 1 aliphatic carbocycles. The molecule has 0 bridgehead atoms. The van der Waals surface area contributed by atoms with Crippen molar-refractivity contribution in [3.05, 3.63) is 79.1 Å². The summed E-state index contributed by atoms with van der Waals surface area (Å²) in [6.45, 7) is 3.57. The van der Waals surface area contributed by atoms with Gasteiger partial charge in [0.25, 0.3) is 0 Å². The van der Waals surface area contributed by atoms with E-state index < -0.39 is 29.4 Å². The molecular weight excluding hydrogens is 502 g/mol. The Bertz CT molecular complexity index is 1260. The second-order valence-electron chi connectivity index (χ2n) is 9.60. The van der Waals surface area contributed by atoms with E-state index in [4.69, 9.17) is 11.6 Å². The van der Waals surface area contributed by atoms with Gasteiger partial charge in [-0.25, -0.2) is 4.79 Å². The Kier molecular flexibility index (Phi) is 6.36. The fourth-order valence-corrected chi connectivity index (χ4v) is 7.54. The number of carbonyl (C=O) groups excluding carboxylic acids is 2. The summed E-state index contributed by atoms with van der Waals surface area (Å²) >= 11 is 8.99. The van der Waals surface area contributed by atoms with E-state index in [1.807, 2.05) is 29.8 Å². The third-order valence-electron chi connectivity index (χ3n) is 7.67. The van der Waals surface area contributed by atoms with E-state index in [9.17, 15) is 19.5 Å². The minimum absolute atomic E-state index is 0.130. The smallest absolute Gasteiger partial charge is 0.330 e. The summed E-state index contributed by atoms with van der Waals surface area (Å²) in [5, 5.41) is 15.1. The molecule has 4 unspecified atom stereocenters. The number of benzene rings is 1. The molecule has 2 aliphatic rings. The van der Waals surface area contributed by atoms with Crippen molar-refractivity contribution in [1.29, 1.82) is 0 Å². The predicted octanol–water partition coefficient (Wildman–Crippen LogP) is 6.58. The number of likely N-dealkylation sites (tertiary alicyclic amines) is 1. The molecule has 0 radical (unpaired) electrons. The lowest BCUT2D eigenvalue weighted by Crippen LogP contribution is -2.56. The lowest BCUT2D eigenvalue weighted by Gasteiger charge is -2.41. The first-order valence-electron chi connectivity index (χ1n) is 11.7. The third kappa shape index (κ3) is 3.85. The number of rotatable bonds is 6. The molecule has 1 saturated carbocycles. The average molecular weight is 528 g/mol. The molecule has 3 aromatic rings. The van der Waals surface area contributed by atoms with Gasteiger partial charge in [-0.05, 0) is 72.8 Å². The molecular formula is C27H26ClNO4S2. The summed E-state index contributed by atoms with van der Waals surface area (Å²) in [7, 11) is 0. The molecule has 1 N–H and O–H groups in total. The Hall–Kier alpha value is -2.48. The number of hydrogen-bond acceptors (Lipinski definition) is 5. The van der Waals surface area contributed by atoms with E-state index in [0.29, 0.717) is 15.5 Å². The van der Waals surface area contributed by atoms with Crippen LogP contribution >= 0.6 is 34.3 Å². The Balaban J connectivity index is 1.79. The number of thiophene rings is 2. The van der Waals surface area contributed by atoms with E-state index >= 15 is 0 Å². The maximum absolute atomic E-state index is 14.2. The van der Waals surface area contributed by atoms with Crippen LogP contribution < -0.4 is 0 Å². The van der Waals surface area contributed by atoms with E-state index in [-0.39, 0.29) is 17.6 Å². The van der Waals surface area contributed by atoms with Crippen LogP contribution in [0.2, 0.25) is 5.02 Å². The first-order valence-corrected chi connectivity index (χ1v) is 13.8. The summed E-state index contributed by atoms with van der Waals surface area (Å²) in [4.78, 5) is 44.3. The van der Waals surface area contributed by atoms with Crippen LogP contribution in [0.5, 0.6) is 0 Å².